The third-order valence-electron chi connectivity index (χ3n) is 5.20. The molecule has 1 aliphatic carbocycles. The molecule has 7 nitrogen and oxygen atoms in total. The van der Waals surface area contributed by atoms with Crippen LogP contribution < -0.4 is 4.74 Å². The summed E-state index contributed by atoms with van der Waals surface area (Å²) in [5, 5.41) is 33.0. The molecule has 1 saturated carbocycles. The van der Waals surface area contributed by atoms with Crippen LogP contribution in [0.15, 0.2) is 30.3 Å². The van der Waals surface area contributed by atoms with Gasteiger partial charge in [-0.25, -0.2) is 4.68 Å². The summed E-state index contributed by atoms with van der Waals surface area (Å²) in [5.74, 6) is 1.96. The molecule has 0 bridgehead atoms. The molecule has 0 amide bonds. The van der Waals surface area contributed by atoms with E-state index in [0.29, 0.717) is 34.5 Å². The number of hydrogen-bond acceptors (Lipinski definition) is 6. The number of phenols is 2. The van der Waals surface area contributed by atoms with E-state index < -0.39 is 0 Å². The maximum Gasteiger partial charge on any atom is 0.185 e. The van der Waals surface area contributed by atoms with E-state index in [4.69, 9.17) is 4.74 Å². The van der Waals surface area contributed by atoms with Gasteiger partial charge in [0.25, 0.3) is 0 Å². The number of hydrogen-bond donors (Lipinski definition) is 2. The summed E-state index contributed by atoms with van der Waals surface area (Å²) in [4.78, 5) is 0. The van der Waals surface area contributed by atoms with Gasteiger partial charge < -0.3 is 14.9 Å². The zero-order valence-corrected chi connectivity index (χ0v) is 16.3. The number of rotatable bonds is 6. The number of phenolic OH excluding ortho intramolecular Hbond substituents is 2. The minimum absolute atomic E-state index is 0.0262. The largest absolute Gasteiger partial charge is 0.507 e. The van der Waals surface area contributed by atoms with Gasteiger partial charge in [0.1, 0.15) is 17.2 Å². The SMILES string of the molecule is COc1ccc(C(C)C)cc1-c1cc(-c2nnnn2CC2CC2)c(O)cc1O. The Labute approximate surface area is 163 Å². The highest BCUT2D eigenvalue weighted by Gasteiger charge is 2.25. The van der Waals surface area contributed by atoms with Gasteiger partial charge in [-0.1, -0.05) is 19.9 Å². The predicted octanol–water partition coefficient (Wildman–Crippen LogP) is 3.96. The van der Waals surface area contributed by atoms with Crippen molar-refractivity contribution in [1.29, 1.82) is 0 Å². The smallest absolute Gasteiger partial charge is 0.185 e. The van der Waals surface area contributed by atoms with E-state index in [1.54, 1.807) is 17.9 Å². The van der Waals surface area contributed by atoms with Crippen LogP contribution in [0.5, 0.6) is 17.2 Å². The monoisotopic (exact) mass is 380 g/mol. The highest BCUT2D eigenvalue weighted by molar-refractivity contribution is 5.82. The van der Waals surface area contributed by atoms with E-state index in [0.717, 1.165) is 17.7 Å². The van der Waals surface area contributed by atoms with Crippen molar-refractivity contribution in [2.45, 2.75) is 39.2 Å². The molecule has 4 rings (SSSR count). The van der Waals surface area contributed by atoms with Gasteiger partial charge in [0.05, 0.1) is 12.7 Å². The molecule has 146 valence electrons. The van der Waals surface area contributed by atoms with Crippen molar-refractivity contribution < 1.29 is 14.9 Å². The molecule has 28 heavy (non-hydrogen) atoms. The second-order valence-corrected chi connectivity index (χ2v) is 7.63. The van der Waals surface area contributed by atoms with E-state index in [9.17, 15) is 10.2 Å². The van der Waals surface area contributed by atoms with Crippen LogP contribution in [-0.2, 0) is 6.54 Å². The lowest BCUT2D eigenvalue weighted by Crippen LogP contribution is -2.04. The fourth-order valence-corrected chi connectivity index (χ4v) is 3.33. The first-order valence-corrected chi connectivity index (χ1v) is 9.48. The summed E-state index contributed by atoms with van der Waals surface area (Å²) >= 11 is 0. The van der Waals surface area contributed by atoms with Crippen molar-refractivity contribution in [1.82, 2.24) is 20.2 Å². The maximum absolute atomic E-state index is 10.6. The highest BCUT2D eigenvalue weighted by Crippen LogP contribution is 2.43. The summed E-state index contributed by atoms with van der Waals surface area (Å²) in [6, 6.07) is 8.98. The fraction of sp³-hybridized carbons (Fsp3) is 0.381. The van der Waals surface area contributed by atoms with Crippen LogP contribution >= 0.6 is 0 Å². The molecule has 0 atom stereocenters. The van der Waals surface area contributed by atoms with Crippen LogP contribution in [0.2, 0.25) is 0 Å². The summed E-state index contributed by atoms with van der Waals surface area (Å²) < 4.78 is 7.23. The third kappa shape index (κ3) is 3.40. The molecular weight excluding hydrogens is 356 g/mol. The summed E-state index contributed by atoms with van der Waals surface area (Å²) in [5.41, 5.74) is 2.93. The second-order valence-electron chi connectivity index (χ2n) is 7.63. The Balaban J connectivity index is 1.85. The first-order chi connectivity index (χ1) is 13.5. The lowest BCUT2D eigenvalue weighted by molar-refractivity contribution is 0.415. The molecule has 0 spiro atoms. The van der Waals surface area contributed by atoms with Gasteiger partial charge in [0, 0.05) is 23.7 Å². The summed E-state index contributed by atoms with van der Waals surface area (Å²) in [6.45, 7) is 4.95. The van der Waals surface area contributed by atoms with Crippen LogP contribution in [0, 0.1) is 5.92 Å². The Hall–Kier alpha value is -3.09. The van der Waals surface area contributed by atoms with Crippen molar-refractivity contribution in [3.8, 4) is 39.8 Å². The van der Waals surface area contributed by atoms with Crippen molar-refractivity contribution in [3.05, 3.63) is 35.9 Å². The molecule has 1 aromatic heterocycles. The van der Waals surface area contributed by atoms with Crippen LogP contribution in [0.1, 0.15) is 38.2 Å². The van der Waals surface area contributed by atoms with Crippen LogP contribution in [0.25, 0.3) is 22.5 Å². The number of benzene rings is 2. The first kappa shape index (κ1) is 18.3. The van der Waals surface area contributed by atoms with Crippen molar-refractivity contribution in [2.24, 2.45) is 5.92 Å². The van der Waals surface area contributed by atoms with E-state index in [1.165, 1.54) is 18.9 Å². The molecule has 0 saturated heterocycles. The Morgan fingerprint density at radius 1 is 1.07 bits per heavy atom. The van der Waals surface area contributed by atoms with E-state index in [-0.39, 0.29) is 11.5 Å². The molecule has 7 heteroatoms. The van der Waals surface area contributed by atoms with Crippen LogP contribution in [0.4, 0.5) is 0 Å². The van der Waals surface area contributed by atoms with Crippen molar-refractivity contribution >= 4 is 0 Å². The third-order valence-corrected chi connectivity index (χ3v) is 5.20. The second kappa shape index (κ2) is 7.14. The number of aromatic hydroxyl groups is 2. The molecule has 0 unspecified atom stereocenters. The molecule has 1 fully saturated rings. The van der Waals surface area contributed by atoms with E-state index in [2.05, 4.69) is 29.4 Å². The fourth-order valence-electron chi connectivity index (χ4n) is 3.33. The topological polar surface area (TPSA) is 93.3 Å². The zero-order chi connectivity index (χ0) is 19.8. The lowest BCUT2D eigenvalue weighted by atomic mass is 9.94. The molecule has 3 aromatic rings. The zero-order valence-electron chi connectivity index (χ0n) is 16.3. The molecule has 1 heterocycles. The lowest BCUT2D eigenvalue weighted by Gasteiger charge is -2.15. The van der Waals surface area contributed by atoms with Crippen molar-refractivity contribution in [2.75, 3.05) is 7.11 Å². The standard InChI is InChI=1S/C21H24N4O3/c1-12(2)14-6-7-20(28-3)16(8-14)15-9-17(19(27)10-18(15)26)21-22-23-24-25(21)11-13-4-5-13/h6-10,12-13,26-27H,4-5,11H2,1-3H3. The number of tetrazole rings is 1. The normalized spacial score (nSPS) is 13.9. The molecule has 1 aliphatic rings. The van der Waals surface area contributed by atoms with Gasteiger partial charge in [-0.05, 0) is 58.9 Å². The average molecular weight is 380 g/mol. The molecule has 0 aliphatic heterocycles. The van der Waals surface area contributed by atoms with Gasteiger partial charge in [-0.2, -0.15) is 0 Å². The first-order valence-electron chi connectivity index (χ1n) is 9.48. The van der Waals surface area contributed by atoms with Crippen molar-refractivity contribution in [3.63, 3.8) is 0 Å². The number of nitrogens with zero attached hydrogens (tertiary/aromatic N) is 4. The van der Waals surface area contributed by atoms with Gasteiger partial charge in [0.15, 0.2) is 5.82 Å². The van der Waals surface area contributed by atoms with E-state index in [1.807, 2.05) is 18.2 Å². The Morgan fingerprint density at radius 3 is 2.50 bits per heavy atom. The van der Waals surface area contributed by atoms with Crippen LogP contribution in [0.3, 0.4) is 0 Å². The Bertz CT molecular complexity index is 1010. The Kier molecular flexibility index (Phi) is 4.66. The summed E-state index contributed by atoms with van der Waals surface area (Å²) in [7, 11) is 1.60. The number of aromatic nitrogens is 4. The predicted molar refractivity (Wildman–Crippen MR) is 105 cm³/mol. The van der Waals surface area contributed by atoms with E-state index >= 15 is 0 Å². The minimum Gasteiger partial charge on any atom is -0.507 e. The molecular formula is C21H24N4O3. The van der Waals surface area contributed by atoms with Gasteiger partial charge in [-0.15, -0.1) is 5.10 Å². The quantitative estimate of drug-likeness (QED) is 0.672. The highest BCUT2D eigenvalue weighted by atomic mass is 16.5. The summed E-state index contributed by atoms with van der Waals surface area (Å²) in [6.07, 6.45) is 2.34. The molecule has 2 N–H and O–H groups in total. The maximum atomic E-state index is 10.6. The van der Waals surface area contributed by atoms with Gasteiger partial charge in [0.2, 0.25) is 0 Å². The number of ether oxygens (including phenoxy) is 1. The average Bonchev–Trinajstić information content (AvgIpc) is 3.37. The number of methoxy groups -OCH3 is 1. The minimum atomic E-state index is -0.0629. The van der Waals surface area contributed by atoms with Gasteiger partial charge in [-0.3, -0.25) is 0 Å². The van der Waals surface area contributed by atoms with Crippen LogP contribution in [-0.4, -0.2) is 37.5 Å². The molecule has 0 radical (unpaired) electrons. The molecule has 2 aromatic carbocycles. The Morgan fingerprint density at radius 2 is 1.82 bits per heavy atom. The van der Waals surface area contributed by atoms with Gasteiger partial charge >= 0.3 is 0 Å².